The van der Waals surface area contributed by atoms with E-state index in [9.17, 15) is 0 Å². The van der Waals surface area contributed by atoms with Crippen LogP contribution in [-0.2, 0) is 0 Å². The van der Waals surface area contributed by atoms with Gasteiger partial charge in [-0.1, -0.05) is 36.4 Å². The molecule has 116 valence electrons. The second-order valence-corrected chi connectivity index (χ2v) is 7.70. The Labute approximate surface area is 140 Å². The zero-order valence-corrected chi connectivity index (χ0v) is 14.1. The molecule has 1 aliphatic heterocycles. The van der Waals surface area contributed by atoms with E-state index in [1.165, 1.54) is 23.5 Å². The number of rotatable bonds is 6. The van der Waals surface area contributed by atoms with Crippen LogP contribution in [0.4, 0.5) is 0 Å². The van der Waals surface area contributed by atoms with Crippen LogP contribution in [0, 0.1) is 0 Å². The Morgan fingerprint density at radius 2 is 1.50 bits per heavy atom. The Morgan fingerprint density at radius 3 is 2.32 bits per heavy atom. The second-order valence-electron chi connectivity index (χ2n) is 4.97. The van der Waals surface area contributed by atoms with Crippen LogP contribution in [0.5, 0.6) is 11.5 Å². The predicted octanol–water partition coefficient (Wildman–Crippen LogP) is 5.01. The van der Waals surface area contributed by atoms with Crippen LogP contribution in [-0.4, -0.2) is 24.7 Å². The van der Waals surface area contributed by atoms with Crippen molar-refractivity contribution in [2.24, 2.45) is 0 Å². The zero-order valence-electron chi connectivity index (χ0n) is 12.4. The maximum atomic E-state index is 5.96. The minimum Gasteiger partial charge on any atom is -0.490 e. The summed E-state index contributed by atoms with van der Waals surface area (Å²) in [4.78, 5) is 0. The topological polar surface area (TPSA) is 18.5 Å². The van der Waals surface area contributed by atoms with Gasteiger partial charge in [-0.3, -0.25) is 0 Å². The first-order valence-electron chi connectivity index (χ1n) is 7.56. The average molecular weight is 332 g/mol. The SMILES string of the molecule is c1ccc(OCCOc2ccccc2C2SCCCS2)cc1. The van der Waals surface area contributed by atoms with E-state index >= 15 is 0 Å². The smallest absolute Gasteiger partial charge is 0.124 e. The molecule has 1 fully saturated rings. The molecule has 2 aromatic rings. The Hall–Kier alpha value is -1.26. The van der Waals surface area contributed by atoms with Gasteiger partial charge in [0.05, 0.1) is 4.58 Å². The van der Waals surface area contributed by atoms with E-state index in [1.807, 2.05) is 59.9 Å². The number of para-hydroxylation sites is 2. The van der Waals surface area contributed by atoms with Crippen LogP contribution >= 0.6 is 23.5 Å². The lowest BCUT2D eigenvalue weighted by Gasteiger charge is -2.23. The Bertz CT molecular complexity index is 568. The van der Waals surface area contributed by atoms with E-state index in [2.05, 4.69) is 18.2 Å². The number of hydrogen-bond acceptors (Lipinski definition) is 4. The maximum absolute atomic E-state index is 5.96. The minimum atomic E-state index is 0.500. The highest BCUT2D eigenvalue weighted by atomic mass is 32.2. The maximum Gasteiger partial charge on any atom is 0.124 e. The molecule has 2 aromatic carbocycles. The van der Waals surface area contributed by atoms with Gasteiger partial charge in [0.2, 0.25) is 0 Å². The molecule has 0 aromatic heterocycles. The largest absolute Gasteiger partial charge is 0.490 e. The van der Waals surface area contributed by atoms with Crippen LogP contribution in [0.15, 0.2) is 54.6 Å². The highest BCUT2D eigenvalue weighted by Crippen LogP contribution is 2.46. The van der Waals surface area contributed by atoms with Crippen LogP contribution in [0.3, 0.4) is 0 Å². The standard InChI is InChI=1S/C18H20O2S2/c1-2-7-15(8-3-1)19-11-12-20-17-10-5-4-9-16(17)18-21-13-6-14-22-18/h1-5,7-10,18H,6,11-14H2. The Kier molecular flexibility index (Phi) is 5.96. The van der Waals surface area contributed by atoms with Crippen LogP contribution in [0.1, 0.15) is 16.6 Å². The van der Waals surface area contributed by atoms with Crippen molar-refractivity contribution >= 4 is 23.5 Å². The van der Waals surface area contributed by atoms with Crippen LogP contribution in [0.25, 0.3) is 0 Å². The summed E-state index contributed by atoms with van der Waals surface area (Å²) in [6.45, 7) is 1.12. The number of thioether (sulfide) groups is 2. The first-order valence-corrected chi connectivity index (χ1v) is 9.66. The quantitative estimate of drug-likeness (QED) is 0.692. The van der Waals surface area contributed by atoms with E-state index in [0.717, 1.165) is 11.5 Å². The molecule has 4 heteroatoms. The molecule has 0 radical (unpaired) electrons. The van der Waals surface area contributed by atoms with Crippen molar-refractivity contribution in [2.75, 3.05) is 24.7 Å². The predicted molar refractivity (Wildman–Crippen MR) is 96.1 cm³/mol. The summed E-state index contributed by atoms with van der Waals surface area (Å²) in [7, 11) is 0. The fraction of sp³-hybridized carbons (Fsp3) is 0.333. The summed E-state index contributed by atoms with van der Waals surface area (Å²) in [6, 6.07) is 18.2. The van der Waals surface area contributed by atoms with Gasteiger partial charge < -0.3 is 9.47 Å². The van der Waals surface area contributed by atoms with Gasteiger partial charge in [0.1, 0.15) is 24.7 Å². The van der Waals surface area contributed by atoms with Crippen molar-refractivity contribution in [3.63, 3.8) is 0 Å². The fourth-order valence-corrected chi connectivity index (χ4v) is 5.25. The van der Waals surface area contributed by atoms with Crippen molar-refractivity contribution in [3.05, 3.63) is 60.2 Å². The summed E-state index contributed by atoms with van der Waals surface area (Å²) in [5, 5.41) is 0. The summed E-state index contributed by atoms with van der Waals surface area (Å²) >= 11 is 4.04. The second kappa shape index (κ2) is 8.39. The van der Waals surface area contributed by atoms with Gasteiger partial charge >= 0.3 is 0 Å². The van der Waals surface area contributed by atoms with Gasteiger partial charge in [-0.2, -0.15) is 0 Å². The van der Waals surface area contributed by atoms with E-state index in [-0.39, 0.29) is 0 Å². The molecule has 2 nitrogen and oxygen atoms in total. The first-order chi connectivity index (χ1) is 10.9. The molecule has 0 spiro atoms. The van der Waals surface area contributed by atoms with Crippen LogP contribution < -0.4 is 9.47 Å². The van der Waals surface area contributed by atoms with E-state index in [4.69, 9.17) is 9.47 Å². The van der Waals surface area contributed by atoms with Gasteiger partial charge in [-0.05, 0) is 36.1 Å². The molecule has 0 atom stereocenters. The van der Waals surface area contributed by atoms with Gasteiger partial charge in [0, 0.05) is 5.56 Å². The molecular formula is C18H20O2S2. The first kappa shape index (κ1) is 15.6. The number of ether oxygens (including phenoxy) is 2. The van der Waals surface area contributed by atoms with E-state index < -0.39 is 0 Å². The third-order valence-corrected chi connectivity index (χ3v) is 6.33. The van der Waals surface area contributed by atoms with Crippen LogP contribution in [0.2, 0.25) is 0 Å². The lowest BCUT2D eigenvalue weighted by Crippen LogP contribution is -2.10. The van der Waals surface area contributed by atoms with E-state index in [1.54, 1.807) is 0 Å². The molecule has 0 unspecified atom stereocenters. The van der Waals surface area contributed by atoms with Gasteiger partial charge in [-0.15, -0.1) is 23.5 Å². The molecule has 0 aliphatic carbocycles. The summed E-state index contributed by atoms with van der Waals surface area (Å²) in [5.41, 5.74) is 1.30. The van der Waals surface area contributed by atoms with Crippen molar-refractivity contribution in [1.82, 2.24) is 0 Å². The highest BCUT2D eigenvalue weighted by Gasteiger charge is 2.19. The number of benzene rings is 2. The van der Waals surface area contributed by atoms with Gasteiger partial charge in [-0.25, -0.2) is 0 Å². The molecule has 0 amide bonds. The van der Waals surface area contributed by atoms with Crippen molar-refractivity contribution in [2.45, 2.75) is 11.0 Å². The Balaban J connectivity index is 1.53. The van der Waals surface area contributed by atoms with Crippen molar-refractivity contribution in [1.29, 1.82) is 0 Å². The average Bonchev–Trinajstić information content (AvgIpc) is 2.61. The lowest BCUT2D eigenvalue weighted by atomic mass is 10.2. The Morgan fingerprint density at radius 1 is 0.818 bits per heavy atom. The molecule has 0 saturated carbocycles. The summed E-state index contributed by atoms with van der Waals surface area (Å²) in [6.07, 6.45) is 1.31. The molecular weight excluding hydrogens is 312 g/mol. The van der Waals surface area contributed by atoms with Crippen molar-refractivity contribution < 1.29 is 9.47 Å². The monoisotopic (exact) mass is 332 g/mol. The zero-order chi connectivity index (χ0) is 15.0. The summed E-state index contributed by atoms with van der Waals surface area (Å²) in [5.74, 6) is 4.36. The third-order valence-electron chi connectivity index (χ3n) is 3.35. The molecule has 1 saturated heterocycles. The molecule has 22 heavy (non-hydrogen) atoms. The minimum absolute atomic E-state index is 0.500. The molecule has 1 aliphatic rings. The van der Waals surface area contributed by atoms with Crippen molar-refractivity contribution in [3.8, 4) is 11.5 Å². The lowest BCUT2D eigenvalue weighted by molar-refractivity contribution is 0.216. The molecule has 0 bridgehead atoms. The molecule has 0 N–H and O–H groups in total. The summed E-state index contributed by atoms with van der Waals surface area (Å²) < 4.78 is 12.1. The highest BCUT2D eigenvalue weighted by molar-refractivity contribution is 8.16. The molecule has 1 heterocycles. The van der Waals surface area contributed by atoms with Gasteiger partial charge in [0.15, 0.2) is 0 Å². The fourth-order valence-electron chi connectivity index (χ4n) is 2.30. The molecule has 3 rings (SSSR count). The third kappa shape index (κ3) is 4.37. The van der Waals surface area contributed by atoms with E-state index in [0.29, 0.717) is 17.8 Å². The number of hydrogen-bond donors (Lipinski definition) is 0. The normalized spacial score (nSPS) is 15.5. The van der Waals surface area contributed by atoms with Gasteiger partial charge in [0.25, 0.3) is 0 Å².